The van der Waals surface area contributed by atoms with Crippen molar-refractivity contribution in [1.82, 2.24) is 9.88 Å². The third-order valence-corrected chi connectivity index (χ3v) is 9.18. The van der Waals surface area contributed by atoms with Crippen LogP contribution in [0.15, 0.2) is 36.4 Å². The number of hydrogen-bond donors (Lipinski definition) is 1. The summed E-state index contributed by atoms with van der Waals surface area (Å²) in [6, 6.07) is 11.8. The fourth-order valence-corrected chi connectivity index (χ4v) is 6.72. The Labute approximate surface area is 267 Å². The molecule has 3 heterocycles. The number of ether oxygens (including phenoxy) is 2. The number of anilines is 1. The standard InChI is InChI=1S/C37H48FN3O4/c1-23-31(27-10-11-28-22-40(16-13-26(28)20-27)21-25-9-12-30(44-8)29(38)19-25)33(41-17-14-37(6,7)15-18-41)32(24(2)39-23)34(35(42)43)45-36(3,4)5/h9-12,19-20,34H,13-18,21-22H2,1-8H3,(H,42,43). The second-order valence-electron chi connectivity index (χ2n) is 14.4. The van der Waals surface area contributed by atoms with E-state index in [0.717, 1.165) is 73.5 Å². The second-order valence-corrected chi connectivity index (χ2v) is 14.4. The van der Waals surface area contributed by atoms with Gasteiger partial charge < -0.3 is 19.5 Å². The summed E-state index contributed by atoms with van der Waals surface area (Å²) in [5.41, 5.74) is 8.21. The van der Waals surface area contributed by atoms with Crippen LogP contribution in [0.25, 0.3) is 11.1 Å². The Morgan fingerprint density at radius 2 is 1.76 bits per heavy atom. The van der Waals surface area contributed by atoms with E-state index in [0.29, 0.717) is 17.8 Å². The molecule has 0 saturated carbocycles. The summed E-state index contributed by atoms with van der Waals surface area (Å²) in [6.45, 7) is 18.2. The van der Waals surface area contributed by atoms with Gasteiger partial charge in [0.15, 0.2) is 17.7 Å². The number of rotatable bonds is 8. The van der Waals surface area contributed by atoms with Crippen LogP contribution in [-0.2, 0) is 29.0 Å². The maximum atomic E-state index is 14.3. The van der Waals surface area contributed by atoms with E-state index in [1.807, 2.05) is 40.7 Å². The predicted octanol–water partition coefficient (Wildman–Crippen LogP) is 7.64. The molecule has 1 unspecified atom stereocenters. The predicted molar refractivity (Wildman–Crippen MR) is 176 cm³/mol. The summed E-state index contributed by atoms with van der Waals surface area (Å²) in [5, 5.41) is 10.5. The molecule has 0 aliphatic carbocycles. The molecule has 8 heteroatoms. The molecule has 2 aromatic carbocycles. The van der Waals surface area contributed by atoms with E-state index >= 15 is 0 Å². The lowest BCUT2D eigenvalue weighted by atomic mass is 9.81. The van der Waals surface area contributed by atoms with Gasteiger partial charge in [0.2, 0.25) is 0 Å². The molecule has 1 N–H and O–H groups in total. The molecule has 0 radical (unpaired) electrons. The van der Waals surface area contributed by atoms with Gasteiger partial charge in [0.1, 0.15) is 0 Å². The van der Waals surface area contributed by atoms with Gasteiger partial charge in [-0.25, -0.2) is 9.18 Å². The maximum Gasteiger partial charge on any atom is 0.337 e. The molecule has 1 saturated heterocycles. The first-order valence-corrected chi connectivity index (χ1v) is 16.0. The van der Waals surface area contributed by atoms with Gasteiger partial charge in [0.05, 0.1) is 18.4 Å². The molecule has 2 aliphatic heterocycles. The van der Waals surface area contributed by atoms with E-state index in [1.54, 1.807) is 12.1 Å². The number of aliphatic carboxylic acids is 1. The number of fused-ring (bicyclic) bond motifs is 1. The molecule has 242 valence electrons. The van der Waals surface area contributed by atoms with Gasteiger partial charge >= 0.3 is 5.97 Å². The highest BCUT2D eigenvalue weighted by atomic mass is 19.1. The van der Waals surface area contributed by atoms with E-state index in [2.05, 4.69) is 41.8 Å². The van der Waals surface area contributed by atoms with Gasteiger partial charge in [-0.3, -0.25) is 9.88 Å². The Kier molecular flexibility index (Phi) is 9.30. The number of nitrogens with zero attached hydrogens (tertiary/aromatic N) is 3. The van der Waals surface area contributed by atoms with Crippen LogP contribution in [0.3, 0.4) is 0 Å². The highest BCUT2D eigenvalue weighted by Gasteiger charge is 2.36. The normalized spacial score (nSPS) is 17.6. The number of piperidine rings is 1. The fraction of sp³-hybridized carbons (Fsp3) is 0.514. The van der Waals surface area contributed by atoms with Gasteiger partial charge in [0, 0.05) is 55.2 Å². The summed E-state index contributed by atoms with van der Waals surface area (Å²) >= 11 is 0. The molecule has 0 spiro atoms. The summed E-state index contributed by atoms with van der Waals surface area (Å²) in [6.07, 6.45) is 1.76. The van der Waals surface area contributed by atoms with Crippen LogP contribution in [0.1, 0.15) is 87.2 Å². The van der Waals surface area contributed by atoms with E-state index in [9.17, 15) is 14.3 Å². The molecular weight excluding hydrogens is 569 g/mol. The summed E-state index contributed by atoms with van der Waals surface area (Å²) in [7, 11) is 1.48. The summed E-state index contributed by atoms with van der Waals surface area (Å²) < 4.78 is 25.6. The molecule has 1 fully saturated rings. The summed E-state index contributed by atoms with van der Waals surface area (Å²) in [5.74, 6) is -1.10. The van der Waals surface area contributed by atoms with Crippen LogP contribution in [0.2, 0.25) is 0 Å². The first-order valence-electron chi connectivity index (χ1n) is 16.0. The molecule has 1 aromatic heterocycles. The summed E-state index contributed by atoms with van der Waals surface area (Å²) in [4.78, 5) is 22.4. The minimum atomic E-state index is -1.14. The van der Waals surface area contributed by atoms with Gasteiger partial charge in [-0.2, -0.15) is 0 Å². The van der Waals surface area contributed by atoms with Crippen molar-refractivity contribution in [2.45, 2.75) is 92.5 Å². The van der Waals surface area contributed by atoms with Crippen LogP contribution in [-0.4, -0.2) is 53.3 Å². The number of methoxy groups -OCH3 is 1. The van der Waals surface area contributed by atoms with E-state index in [-0.39, 0.29) is 17.0 Å². The monoisotopic (exact) mass is 617 g/mol. The lowest BCUT2D eigenvalue weighted by Gasteiger charge is -2.41. The fourth-order valence-electron chi connectivity index (χ4n) is 6.72. The molecule has 3 aromatic rings. The zero-order valence-electron chi connectivity index (χ0n) is 28.1. The Morgan fingerprint density at radius 3 is 2.38 bits per heavy atom. The van der Waals surface area contributed by atoms with Gasteiger partial charge in [-0.15, -0.1) is 0 Å². The zero-order chi connectivity index (χ0) is 32.7. The largest absolute Gasteiger partial charge is 0.494 e. The Morgan fingerprint density at radius 1 is 1.04 bits per heavy atom. The Balaban J connectivity index is 1.54. The number of aromatic nitrogens is 1. The van der Waals surface area contributed by atoms with Crippen molar-refractivity contribution in [3.05, 3.63) is 75.9 Å². The Hall–Kier alpha value is -3.49. The number of hydrogen-bond acceptors (Lipinski definition) is 6. The third-order valence-electron chi connectivity index (χ3n) is 9.18. The lowest BCUT2D eigenvalue weighted by Crippen LogP contribution is -2.39. The number of carbonyl (C=O) groups is 1. The minimum absolute atomic E-state index is 0.233. The number of halogens is 1. The lowest BCUT2D eigenvalue weighted by molar-refractivity contribution is -0.160. The third kappa shape index (κ3) is 7.33. The van der Waals surface area contributed by atoms with Crippen molar-refractivity contribution >= 4 is 11.7 Å². The van der Waals surface area contributed by atoms with Crippen LogP contribution < -0.4 is 9.64 Å². The van der Waals surface area contributed by atoms with Crippen LogP contribution in [0, 0.1) is 25.1 Å². The van der Waals surface area contributed by atoms with Gasteiger partial charge in [-0.1, -0.05) is 38.1 Å². The molecule has 2 aliphatic rings. The SMILES string of the molecule is COc1ccc(CN2CCc3cc(-c4c(C)nc(C)c(C(OC(C)(C)C)C(=O)O)c4N4CCC(C)(C)CC4)ccc3C2)cc1F. The molecule has 1 atom stereocenters. The topological polar surface area (TPSA) is 75.1 Å². The van der Waals surface area contributed by atoms with E-state index in [4.69, 9.17) is 14.5 Å². The molecule has 7 nitrogen and oxygen atoms in total. The van der Waals surface area contributed by atoms with Crippen molar-refractivity contribution in [2.75, 3.05) is 31.6 Å². The van der Waals surface area contributed by atoms with Crippen LogP contribution in [0.5, 0.6) is 5.75 Å². The number of pyridine rings is 1. The Bertz CT molecular complexity index is 1570. The van der Waals surface area contributed by atoms with Crippen molar-refractivity contribution in [2.24, 2.45) is 5.41 Å². The highest BCUT2D eigenvalue weighted by Crippen LogP contribution is 2.45. The van der Waals surface area contributed by atoms with Crippen molar-refractivity contribution < 1.29 is 23.8 Å². The average molecular weight is 618 g/mol. The highest BCUT2D eigenvalue weighted by molar-refractivity contribution is 5.88. The van der Waals surface area contributed by atoms with Gasteiger partial charge in [-0.05, 0) is 93.7 Å². The molecule has 5 rings (SSSR count). The molecule has 0 bridgehead atoms. The molecule has 45 heavy (non-hydrogen) atoms. The van der Waals surface area contributed by atoms with Crippen LogP contribution in [0.4, 0.5) is 10.1 Å². The number of carboxylic acid groups (broad SMARTS) is 1. The first-order chi connectivity index (χ1) is 21.2. The maximum absolute atomic E-state index is 14.3. The minimum Gasteiger partial charge on any atom is -0.494 e. The number of aryl methyl sites for hydroxylation is 2. The zero-order valence-corrected chi connectivity index (χ0v) is 28.1. The smallest absolute Gasteiger partial charge is 0.337 e. The van der Waals surface area contributed by atoms with E-state index in [1.165, 1.54) is 18.2 Å². The quantitative estimate of drug-likeness (QED) is 0.278. The second kappa shape index (κ2) is 12.7. The van der Waals surface area contributed by atoms with Crippen molar-refractivity contribution in [1.29, 1.82) is 0 Å². The van der Waals surface area contributed by atoms with E-state index < -0.39 is 17.7 Å². The number of benzene rings is 2. The molecule has 0 amide bonds. The van der Waals surface area contributed by atoms with Crippen molar-refractivity contribution in [3.8, 4) is 16.9 Å². The average Bonchev–Trinajstić information content (AvgIpc) is 2.95. The van der Waals surface area contributed by atoms with Crippen LogP contribution >= 0.6 is 0 Å². The van der Waals surface area contributed by atoms with Crippen molar-refractivity contribution in [3.63, 3.8) is 0 Å². The number of carboxylic acids is 1. The first kappa shape index (κ1) is 32.9. The van der Waals surface area contributed by atoms with Gasteiger partial charge in [0.25, 0.3) is 0 Å². The molecular formula is C37H48FN3O4.